The van der Waals surface area contributed by atoms with Gasteiger partial charge in [-0.2, -0.15) is 0 Å². The Morgan fingerprint density at radius 1 is 1.29 bits per heavy atom. The van der Waals surface area contributed by atoms with Gasteiger partial charge in [0.15, 0.2) is 0 Å². The fraction of sp³-hybridized carbons (Fsp3) is 0.250. The van der Waals surface area contributed by atoms with Crippen LogP contribution in [0, 0.1) is 5.82 Å². The Balaban J connectivity index is 0.00000169. The highest BCUT2D eigenvalue weighted by atomic mass is 79.9. The molecule has 1 aromatic rings. The van der Waals surface area contributed by atoms with Crippen LogP contribution in [0.2, 0.25) is 0 Å². The van der Waals surface area contributed by atoms with E-state index in [1.807, 2.05) is 0 Å². The zero-order valence-electron chi connectivity index (χ0n) is 6.88. The lowest BCUT2D eigenvalue weighted by molar-refractivity contribution is 0.116. The molecule has 0 spiro atoms. The van der Waals surface area contributed by atoms with E-state index in [1.54, 1.807) is 0 Å². The standard InChI is InChI=1S/C8H7BrF3N.ClH/c9-5-3-4(1-2-6(5)10)7(13)8(11)12;/h1-3,7-8H,13H2;1H/t7-;/m0./s1. The van der Waals surface area contributed by atoms with E-state index in [-0.39, 0.29) is 22.4 Å². The highest BCUT2D eigenvalue weighted by Gasteiger charge is 2.17. The van der Waals surface area contributed by atoms with E-state index in [2.05, 4.69) is 15.9 Å². The van der Waals surface area contributed by atoms with Crippen LogP contribution in [-0.2, 0) is 0 Å². The largest absolute Gasteiger partial charge is 0.319 e. The fourth-order valence-electron chi connectivity index (χ4n) is 0.865. The summed E-state index contributed by atoms with van der Waals surface area (Å²) in [6.45, 7) is 0. The quantitative estimate of drug-likeness (QED) is 0.889. The summed E-state index contributed by atoms with van der Waals surface area (Å²) < 4.78 is 37.1. The van der Waals surface area contributed by atoms with Crippen molar-refractivity contribution in [2.75, 3.05) is 0 Å². The first-order valence-electron chi connectivity index (χ1n) is 3.51. The maximum atomic E-state index is 12.7. The van der Waals surface area contributed by atoms with Crippen LogP contribution in [0.4, 0.5) is 13.2 Å². The molecule has 0 saturated carbocycles. The maximum Gasteiger partial charge on any atom is 0.257 e. The summed E-state index contributed by atoms with van der Waals surface area (Å²) in [6, 6.07) is 2.24. The van der Waals surface area contributed by atoms with Crippen molar-refractivity contribution in [3.8, 4) is 0 Å². The van der Waals surface area contributed by atoms with Gasteiger partial charge in [-0.25, -0.2) is 13.2 Å². The Bertz CT molecular complexity index is 309. The summed E-state index contributed by atoms with van der Waals surface area (Å²) in [5.74, 6) is -0.495. The summed E-state index contributed by atoms with van der Waals surface area (Å²) in [5.41, 5.74) is 5.37. The van der Waals surface area contributed by atoms with Gasteiger partial charge in [0.1, 0.15) is 5.82 Å². The summed E-state index contributed by atoms with van der Waals surface area (Å²) in [6.07, 6.45) is -2.64. The predicted octanol–water partition coefficient (Wildman–Crippen LogP) is 3.27. The number of hydrogen-bond acceptors (Lipinski definition) is 1. The van der Waals surface area contributed by atoms with Crippen molar-refractivity contribution in [1.29, 1.82) is 0 Å². The minimum atomic E-state index is -2.64. The molecule has 1 rings (SSSR count). The van der Waals surface area contributed by atoms with Gasteiger partial charge in [0.05, 0.1) is 10.5 Å². The Kier molecular flexibility index (Phi) is 5.48. The van der Waals surface area contributed by atoms with Crippen LogP contribution in [0.15, 0.2) is 22.7 Å². The first-order chi connectivity index (χ1) is 6.02. The fourth-order valence-corrected chi connectivity index (χ4v) is 1.26. The van der Waals surface area contributed by atoms with Gasteiger partial charge in [0.25, 0.3) is 6.43 Å². The van der Waals surface area contributed by atoms with Gasteiger partial charge >= 0.3 is 0 Å². The molecule has 14 heavy (non-hydrogen) atoms. The van der Waals surface area contributed by atoms with Crippen LogP contribution in [0.3, 0.4) is 0 Å². The third-order valence-corrected chi connectivity index (χ3v) is 2.21. The van der Waals surface area contributed by atoms with E-state index in [1.165, 1.54) is 12.1 Å². The van der Waals surface area contributed by atoms with Crippen LogP contribution in [0.1, 0.15) is 11.6 Å². The molecular formula is C8H8BrClF3N. The Hall–Kier alpha value is -0.260. The zero-order chi connectivity index (χ0) is 10.0. The molecule has 0 aliphatic heterocycles. The van der Waals surface area contributed by atoms with Crippen molar-refractivity contribution in [3.63, 3.8) is 0 Å². The molecule has 0 fully saturated rings. The van der Waals surface area contributed by atoms with Crippen molar-refractivity contribution in [3.05, 3.63) is 34.1 Å². The minimum Gasteiger partial charge on any atom is -0.319 e. The molecular weight excluding hydrogens is 282 g/mol. The number of halogens is 5. The van der Waals surface area contributed by atoms with Crippen molar-refractivity contribution < 1.29 is 13.2 Å². The summed E-state index contributed by atoms with van der Waals surface area (Å²) >= 11 is 2.89. The molecule has 0 aliphatic carbocycles. The lowest BCUT2D eigenvalue weighted by atomic mass is 10.1. The van der Waals surface area contributed by atoms with Gasteiger partial charge in [-0.05, 0) is 33.6 Å². The van der Waals surface area contributed by atoms with Gasteiger partial charge in [-0.1, -0.05) is 6.07 Å². The molecule has 0 bridgehead atoms. The van der Waals surface area contributed by atoms with Gasteiger partial charge in [0.2, 0.25) is 0 Å². The molecule has 1 aromatic carbocycles. The number of nitrogens with two attached hydrogens (primary N) is 1. The van der Waals surface area contributed by atoms with E-state index in [0.29, 0.717) is 0 Å². The van der Waals surface area contributed by atoms with Gasteiger partial charge in [-0.3, -0.25) is 0 Å². The van der Waals surface area contributed by atoms with E-state index >= 15 is 0 Å². The first-order valence-corrected chi connectivity index (χ1v) is 4.30. The monoisotopic (exact) mass is 289 g/mol. The molecule has 0 radical (unpaired) electrons. The van der Waals surface area contributed by atoms with Gasteiger partial charge < -0.3 is 5.73 Å². The second-order valence-electron chi connectivity index (χ2n) is 2.53. The third-order valence-electron chi connectivity index (χ3n) is 1.60. The normalized spacial score (nSPS) is 12.4. The molecule has 0 aliphatic rings. The Morgan fingerprint density at radius 3 is 2.29 bits per heavy atom. The maximum absolute atomic E-state index is 12.7. The van der Waals surface area contributed by atoms with E-state index in [4.69, 9.17) is 5.73 Å². The average Bonchev–Trinajstić information content (AvgIpc) is 2.08. The van der Waals surface area contributed by atoms with E-state index in [9.17, 15) is 13.2 Å². The molecule has 80 valence electrons. The smallest absolute Gasteiger partial charge is 0.257 e. The first kappa shape index (κ1) is 13.7. The minimum absolute atomic E-state index is 0. The van der Waals surface area contributed by atoms with Gasteiger partial charge in [-0.15, -0.1) is 12.4 Å². The van der Waals surface area contributed by atoms with Crippen molar-refractivity contribution in [2.24, 2.45) is 5.73 Å². The van der Waals surface area contributed by atoms with Gasteiger partial charge in [0, 0.05) is 0 Å². The average molecular weight is 291 g/mol. The summed E-state index contributed by atoms with van der Waals surface area (Å²) in [7, 11) is 0. The highest BCUT2D eigenvalue weighted by molar-refractivity contribution is 9.10. The molecule has 0 amide bonds. The van der Waals surface area contributed by atoms with Crippen LogP contribution in [0.25, 0.3) is 0 Å². The molecule has 1 atom stereocenters. The molecule has 0 aromatic heterocycles. The lowest BCUT2D eigenvalue weighted by Crippen LogP contribution is -2.18. The van der Waals surface area contributed by atoms with E-state index < -0.39 is 18.3 Å². The number of alkyl halides is 2. The molecule has 0 unspecified atom stereocenters. The van der Waals surface area contributed by atoms with Crippen LogP contribution < -0.4 is 5.73 Å². The number of hydrogen-bond donors (Lipinski definition) is 1. The summed E-state index contributed by atoms with van der Waals surface area (Å²) in [5, 5.41) is 0. The molecule has 6 heteroatoms. The highest BCUT2D eigenvalue weighted by Crippen LogP contribution is 2.23. The van der Waals surface area contributed by atoms with Crippen LogP contribution >= 0.6 is 28.3 Å². The molecule has 1 nitrogen and oxygen atoms in total. The number of rotatable bonds is 2. The lowest BCUT2D eigenvalue weighted by Gasteiger charge is -2.10. The Labute approximate surface area is 94.0 Å². The van der Waals surface area contributed by atoms with Crippen LogP contribution in [-0.4, -0.2) is 6.43 Å². The van der Waals surface area contributed by atoms with E-state index in [0.717, 1.165) is 6.07 Å². The second-order valence-corrected chi connectivity index (χ2v) is 3.39. The predicted molar refractivity (Wildman–Crippen MR) is 54.3 cm³/mol. The number of benzene rings is 1. The Morgan fingerprint density at radius 2 is 1.86 bits per heavy atom. The van der Waals surface area contributed by atoms with Crippen molar-refractivity contribution in [2.45, 2.75) is 12.5 Å². The topological polar surface area (TPSA) is 26.0 Å². The van der Waals surface area contributed by atoms with Crippen molar-refractivity contribution >= 4 is 28.3 Å². The summed E-state index contributed by atoms with van der Waals surface area (Å²) in [4.78, 5) is 0. The second kappa shape index (κ2) is 5.58. The molecule has 2 N–H and O–H groups in total. The van der Waals surface area contributed by atoms with Crippen LogP contribution in [0.5, 0.6) is 0 Å². The third kappa shape index (κ3) is 3.15. The SMILES string of the molecule is Cl.N[C@@H](c1ccc(F)c(Br)c1)C(F)F. The molecule has 0 saturated heterocycles. The molecule has 0 heterocycles. The van der Waals surface area contributed by atoms with Crippen molar-refractivity contribution in [1.82, 2.24) is 0 Å². The zero-order valence-corrected chi connectivity index (χ0v) is 9.29.